The number of nitrogens with one attached hydrogen (secondary N) is 1. The van der Waals surface area contributed by atoms with Crippen LogP contribution in [0.15, 0.2) is 24.3 Å². The summed E-state index contributed by atoms with van der Waals surface area (Å²) < 4.78 is 169. The van der Waals surface area contributed by atoms with Crippen LogP contribution >= 0.6 is 0 Å². The molecule has 4 nitrogen and oxygen atoms in total. The molecule has 0 unspecified atom stereocenters. The summed E-state index contributed by atoms with van der Waals surface area (Å²) in [5.74, 6) is -42.3. The summed E-state index contributed by atoms with van der Waals surface area (Å²) in [4.78, 5) is 22.4. The second-order valence-corrected chi connectivity index (χ2v) is 6.08. The maximum absolute atomic E-state index is 13.7. The van der Waals surface area contributed by atoms with Gasteiger partial charge in [0.1, 0.15) is 0 Å². The zero-order valence-electron chi connectivity index (χ0n) is 14.7. The number of carbonyl (C=O) groups excluding carboxylic acids is 1. The van der Waals surface area contributed by atoms with Crippen molar-refractivity contribution in [3.8, 4) is 0 Å². The summed E-state index contributed by atoms with van der Waals surface area (Å²) in [5.41, 5.74) is -1.66. The minimum atomic E-state index is -8.07. The molecule has 2 N–H and O–H groups in total. The number of aromatic carboxylic acids is 1. The van der Waals surface area contributed by atoms with Crippen LogP contribution < -0.4 is 5.32 Å². The fourth-order valence-electron chi connectivity index (χ4n) is 2.09. The summed E-state index contributed by atoms with van der Waals surface area (Å²) >= 11 is 0. The molecule has 0 aliphatic heterocycles. The third kappa shape index (κ3) is 4.28. The fraction of sp³-hybridized carbons (Fsp3) is 0.467. The zero-order chi connectivity index (χ0) is 25.6. The SMILES string of the molecule is O=C(CC(F)(F)C(F)(F)C(F)(F)C(F)(F)C(F)(F)C(F)(F)F)Nc1ccccc1C(=O)O. The molecule has 1 rings (SSSR count). The number of rotatable bonds is 8. The lowest BCUT2D eigenvalue weighted by Crippen LogP contribution is -2.70. The van der Waals surface area contributed by atoms with Crippen LogP contribution in [0.3, 0.4) is 0 Å². The average Bonchev–Trinajstić information content (AvgIpc) is 2.59. The van der Waals surface area contributed by atoms with Crippen molar-refractivity contribution in [2.24, 2.45) is 0 Å². The van der Waals surface area contributed by atoms with Crippen molar-refractivity contribution >= 4 is 17.6 Å². The lowest BCUT2D eigenvalue weighted by atomic mass is 9.92. The van der Waals surface area contributed by atoms with Crippen LogP contribution in [-0.2, 0) is 4.79 Å². The van der Waals surface area contributed by atoms with Crippen LogP contribution in [0.5, 0.6) is 0 Å². The lowest BCUT2D eigenvalue weighted by molar-refractivity contribution is -0.439. The van der Waals surface area contributed by atoms with Crippen molar-refractivity contribution in [3.63, 3.8) is 0 Å². The number of amides is 1. The zero-order valence-corrected chi connectivity index (χ0v) is 14.7. The predicted octanol–water partition coefficient (Wildman–Crippen LogP) is 5.45. The van der Waals surface area contributed by atoms with E-state index in [9.17, 15) is 66.7 Å². The summed E-state index contributed by atoms with van der Waals surface area (Å²) in [6.07, 6.45) is -10.7. The van der Waals surface area contributed by atoms with E-state index in [1.807, 2.05) is 0 Å². The molecule has 0 bridgehead atoms. The van der Waals surface area contributed by atoms with Crippen molar-refractivity contribution in [1.82, 2.24) is 0 Å². The molecule has 0 atom stereocenters. The van der Waals surface area contributed by atoms with Gasteiger partial charge in [0.25, 0.3) is 0 Å². The van der Waals surface area contributed by atoms with Crippen LogP contribution in [-0.4, -0.2) is 52.8 Å². The number of benzene rings is 1. The fourth-order valence-corrected chi connectivity index (χ4v) is 2.09. The van der Waals surface area contributed by atoms with Crippen molar-refractivity contribution in [1.29, 1.82) is 0 Å². The van der Waals surface area contributed by atoms with Gasteiger partial charge < -0.3 is 10.4 Å². The molecular weight excluding hydrogens is 489 g/mol. The molecular formula is C15H8F13NO3. The number of halogens is 13. The third-order valence-corrected chi connectivity index (χ3v) is 3.81. The average molecular weight is 497 g/mol. The van der Waals surface area contributed by atoms with E-state index < -0.39 is 65.3 Å². The molecule has 0 aliphatic carbocycles. The molecule has 1 amide bonds. The first-order valence-corrected chi connectivity index (χ1v) is 7.62. The highest BCUT2D eigenvalue weighted by atomic mass is 19.4. The summed E-state index contributed by atoms with van der Waals surface area (Å²) in [6, 6.07) is 3.51. The van der Waals surface area contributed by atoms with Gasteiger partial charge in [-0.3, -0.25) is 4.79 Å². The minimum absolute atomic E-state index is 0.713. The smallest absolute Gasteiger partial charge is 0.460 e. The van der Waals surface area contributed by atoms with Crippen molar-refractivity contribution in [2.45, 2.75) is 42.2 Å². The second-order valence-electron chi connectivity index (χ2n) is 6.08. The van der Waals surface area contributed by atoms with Crippen LogP contribution in [0, 0.1) is 0 Å². The highest BCUT2D eigenvalue weighted by Crippen LogP contribution is 2.60. The molecule has 0 saturated heterocycles. The minimum Gasteiger partial charge on any atom is -0.478 e. The number of alkyl halides is 13. The molecule has 0 fully saturated rings. The van der Waals surface area contributed by atoms with Crippen molar-refractivity contribution < 1.29 is 71.8 Å². The van der Waals surface area contributed by atoms with Crippen LogP contribution in [0.2, 0.25) is 0 Å². The number of hydrogen-bond donors (Lipinski definition) is 2. The van der Waals surface area contributed by atoms with Crippen LogP contribution in [0.4, 0.5) is 62.8 Å². The molecule has 0 aliphatic rings. The molecule has 32 heavy (non-hydrogen) atoms. The molecule has 17 heteroatoms. The van der Waals surface area contributed by atoms with Crippen molar-refractivity contribution in [2.75, 3.05) is 5.32 Å². The third-order valence-electron chi connectivity index (χ3n) is 3.81. The van der Waals surface area contributed by atoms with Gasteiger partial charge in [-0.25, -0.2) is 4.79 Å². The number of para-hydroxylation sites is 1. The van der Waals surface area contributed by atoms with Gasteiger partial charge in [0.2, 0.25) is 5.91 Å². The van der Waals surface area contributed by atoms with E-state index in [4.69, 9.17) is 5.11 Å². The largest absolute Gasteiger partial charge is 0.478 e. The monoisotopic (exact) mass is 497 g/mol. The Bertz CT molecular complexity index is 880. The second kappa shape index (κ2) is 7.99. The van der Waals surface area contributed by atoms with Gasteiger partial charge in [-0.15, -0.1) is 0 Å². The van der Waals surface area contributed by atoms with E-state index in [-0.39, 0.29) is 0 Å². The first-order chi connectivity index (χ1) is 14.0. The highest BCUT2D eigenvalue weighted by Gasteiger charge is 2.90. The Balaban J connectivity index is 3.29. The normalized spacial score (nSPS) is 14.3. The van der Waals surface area contributed by atoms with Gasteiger partial charge >= 0.3 is 41.8 Å². The van der Waals surface area contributed by atoms with Gasteiger partial charge in [-0.05, 0) is 12.1 Å². The van der Waals surface area contributed by atoms with E-state index in [1.54, 1.807) is 0 Å². The number of carboxylic acids is 1. The summed E-state index contributed by atoms with van der Waals surface area (Å²) in [6.45, 7) is 0. The molecule has 0 radical (unpaired) electrons. The maximum atomic E-state index is 13.7. The molecule has 1 aromatic carbocycles. The number of hydrogen-bond acceptors (Lipinski definition) is 2. The Morgan fingerprint density at radius 1 is 0.719 bits per heavy atom. The molecule has 0 saturated carbocycles. The van der Waals surface area contributed by atoms with Crippen molar-refractivity contribution in [3.05, 3.63) is 29.8 Å². The summed E-state index contributed by atoms with van der Waals surface area (Å²) in [7, 11) is 0. The molecule has 182 valence electrons. The van der Waals surface area contributed by atoms with E-state index in [0.717, 1.165) is 18.2 Å². The van der Waals surface area contributed by atoms with E-state index >= 15 is 0 Å². The standard InChI is InChI=1S/C15H8F13NO3/c16-10(17,5-8(30)29-7-4-2-1-3-6(7)9(31)32)11(18,19)12(20,21)13(22,23)14(24,25)15(26,27)28/h1-4H,5H2,(H,29,30)(H,31,32). The quantitative estimate of drug-likeness (QED) is 0.470. The van der Waals surface area contributed by atoms with E-state index in [2.05, 4.69) is 0 Å². The molecule has 0 heterocycles. The topological polar surface area (TPSA) is 66.4 Å². The molecule has 1 aromatic rings. The molecule has 0 spiro atoms. The van der Waals surface area contributed by atoms with E-state index in [0.29, 0.717) is 6.07 Å². The van der Waals surface area contributed by atoms with Gasteiger partial charge in [0, 0.05) is 0 Å². The predicted molar refractivity (Wildman–Crippen MR) is 77.4 cm³/mol. The molecule has 0 aromatic heterocycles. The first kappa shape index (κ1) is 27.3. The Labute approximate surface area is 168 Å². The maximum Gasteiger partial charge on any atom is 0.460 e. The highest BCUT2D eigenvalue weighted by molar-refractivity contribution is 6.00. The van der Waals surface area contributed by atoms with Gasteiger partial charge in [0.15, 0.2) is 0 Å². The lowest BCUT2D eigenvalue weighted by Gasteiger charge is -2.39. The Hall–Kier alpha value is -2.75. The van der Waals surface area contributed by atoms with Gasteiger partial charge in [-0.1, -0.05) is 12.1 Å². The summed E-state index contributed by atoms with van der Waals surface area (Å²) in [5, 5.41) is 10.1. The number of anilines is 1. The Kier molecular flexibility index (Phi) is 6.81. The van der Waals surface area contributed by atoms with Crippen LogP contribution in [0.1, 0.15) is 16.8 Å². The van der Waals surface area contributed by atoms with Crippen LogP contribution in [0.25, 0.3) is 0 Å². The van der Waals surface area contributed by atoms with Gasteiger partial charge in [0.05, 0.1) is 17.7 Å². The first-order valence-electron chi connectivity index (χ1n) is 7.62. The Morgan fingerprint density at radius 2 is 1.16 bits per heavy atom. The van der Waals surface area contributed by atoms with Gasteiger partial charge in [-0.2, -0.15) is 57.1 Å². The number of carbonyl (C=O) groups is 2. The number of carboxylic acid groups (broad SMARTS) is 1. The Morgan fingerprint density at radius 3 is 1.59 bits per heavy atom. The van der Waals surface area contributed by atoms with E-state index in [1.165, 1.54) is 5.32 Å².